The number of ketones is 1. The lowest BCUT2D eigenvalue weighted by atomic mass is 9.95. The predicted octanol–water partition coefficient (Wildman–Crippen LogP) is 5.24. The van der Waals surface area contributed by atoms with Gasteiger partial charge in [0, 0.05) is 28.7 Å². The highest BCUT2D eigenvalue weighted by molar-refractivity contribution is 6.31. The molecule has 0 saturated carbocycles. The molecule has 1 aliphatic rings. The van der Waals surface area contributed by atoms with E-state index in [0.29, 0.717) is 17.0 Å². The molecule has 0 aliphatic carbocycles. The fourth-order valence-electron chi connectivity index (χ4n) is 4.41. The van der Waals surface area contributed by atoms with E-state index < -0.39 is 23.5 Å². The fraction of sp³-hybridized carbons (Fsp3) is 0.154. The largest absolute Gasteiger partial charge is 0.503 e. The van der Waals surface area contributed by atoms with Gasteiger partial charge in [0.25, 0.3) is 5.91 Å². The smallest absolute Gasteiger partial charge is 0.290 e. The minimum Gasteiger partial charge on any atom is -0.503 e. The number of aliphatic hydroxyl groups excluding tert-OH is 1. The first-order chi connectivity index (χ1) is 16.5. The number of aromatic amines is 1. The van der Waals surface area contributed by atoms with Crippen LogP contribution >= 0.6 is 11.6 Å². The van der Waals surface area contributed by atoms with Gasteiger partial charge in [-0.2, -0.15) is 0 Å². The highest BCUT2D eigenvalue weighted by Gasteiger charge is 2.44. The van der Waals surface area contributed by atoms with Crippen LogP contribution in [-0.4, -0.2) is 40.3 Å². The molecule has 0 radical (unpaired) electrons. The van der Waals surface area contributed by atoms with Crippen molar-refractivity contribution in [3.63, 3.8) is 0 Å². The van der Waals surface area contributed by atoms with Crippen molar-refractivity contribution < 1.29 is 23.8 Å². The third-order valence-electron chi connectivity index (χ3n) is 6.09. The highest BCUT2D eigenvalue weighted by Crippen LogP contribution is 2.41. The van der Waals surface area contributed by atoms with Gasteiger partial charge in [0.15, 0.2) is 11.5 Å². The molecule has 5 rings (SSSR count). The molecule has 4 aromatic rings. The van der Waals surface area contributed by atoms with E-state index in [9.17, 15) is 14.7 Å². The molecule has 34 heavy (non-hydrogen) atoms. The van der Waals surface area contributed by atoms with Crippen molar-refractivity contribution in [1.29, 1.82) is 0 Å². The molecule has 1 amide bonds. The number of methoxy groups -OCH3 is 1. The minimum absolute atomic E-state index is 0.0389. The number of ether oxygens (including phenoxy) is 1. The summed E-state index contributed by atoms with van der Waals surface area (Å²) in [5.41, 5.74) is 2.43. The number of benzene rings is 2. The molecule has 0 spiro atoms. The number of fused-ring (bicyclic) bond motifs is 1. The summed E-state index contributed by atoms with van der Waals surface area (Å²) in [5.74, 6) is -1.01. The first-order valence-electron chi connectivity index (χ1n) is 10.7. The maximum absolute atomic E-state index is 13.2. The first-order valence-corrected chi connectivity index (χ1v) is 11.1. The lowest BCUT2D eigenvalue weighted by Crippen LogP contribution is -2.33. The Balaban J connectivity index is 1.52. The average molecular weight is 477 g/mol. The molecule has 3 heterocycles. The average Bonchev–Trinajstić information content (AvgIpc) is 3.57. The standard InChI is InChI=1S/C26H21ClN2O5/c1-33-16-8-9-20-18(13-16)15(14-28-20)10-11-29-23(17-5-2-3-6-19(17)27)22(25(31)26(29)32)24(30)21-7-4-12-34-21/h2-9,12-14,23,28,31H,10-11H2,1H3. The summed E-state index contributed by atoms with van der Waals surface area (Å²) in [5, 5.41) is 12.1. The van der Waals surface area contributed by atoms with Crippen molar-refractivity contribution in [2.24, 2.45) is 0 Å². The molecule has 172 valence electrons. The second-order valence-corrected chi connectivity index (χ2v) is 8.37. The topological polar surface area (TPSA) is 95.8 Å². The van der Waals surface area contributed by atoms with Crippen molar-refractivity contribution in [2.45, 2.75) is 12.5 Å². The number of hydrogen-bond acceptors (Lipinski definition) is 5. The van der Waals surface area contributed by atoms with Gasteiger partial charge in [-0.3, -0.25) is 9.59 Å². The summed E-state index contributed by atoms with van der Waals surface area (Å²) in [6, 6.07) is 14.9. The quantitative estimate of drug-likeness (QED) is 0.355. The SMILES string of the molecule is COc1ccc2[nH]cc(CCN3C(=O)C(O)=C(C(=O)c4ccco4)C3c3ccccc3Cl)c2c1. The van der Waals surface area contributed by atoms with Crippen molar-refractivity contribution in [1.82, 2.24) is 9.88 Å². The van der Waals surface area contributed by atoms with Crippen LogP contribution in [0.1, 0.15) is 27.7 Å². The van der Waals surface area contributed by atoms with Crippen LogP contribution in [0.15, 0.2) is 82.8 Å². The molecule has 7 nitrogen and oxygen atoms in total. The number of amides is 1. The number of carbonyl (C=O) groups is 2. The zero-order valence-electron chi connectivity index (χ0n) is 18.2. The zero-order chi connectivity index (χ0) is 23.8. The second kappa shape index (κ2) is 8.76. The van der Waals surface area contributed by atoms with Crippen LogP contribution in [0.4, 0.5) is 0 Å². The molecule has 0 bridgehead atoms. The number of hydrogen-bond donors (Lipinski definition) is 2. The van der Waals surface area contributed by atoms with Gasteiger partial charge in [-0.25, -0.2) is 0 Å². The molecular weight excluding hydrogens is 456 g/mol. The van der Waals surface area contributed by atoms with Gasteiger partial charge < -0.3 is 24.1 Å². The normalized spacial score (nSPS) is 16.0. The van der Waals surface area contributed by atoms with E-state index in [2.05, 4.69) is 4.98 Å². The van der Waals surface area contributed by atoms with Gasteiger partial charge in [-0.15, -0.1) is 0 Å². The Morgan fingerprint density at radius 3 is 2.76 bits per heavy atom. The van der Waals surface area contributed by atoms with E-state index >= 15 is 0 Å². The Hall–Kier alpha value is -3.97. The Morgan fingerprint density at radius 1 is 1.21 bits per heavy atom. The maximum atomic E-state index is 13.2. The Morgan fingerprint density at radius 2 is 2.03 bits per heavy atom. The van der Waals surface area contributed by atoms with E-state index in [4.69, 9.17) is 20.8 Å². The summed E-state index contributed by atoms with van der Waals surface area (Å²) in [7, 11) is 1.61. The molecule has 0 saturated heterocycles. The molecule has 2 N–H and O–H groups in total. The van der Waals surface area contributed by atoms with Gasteiger partial charge in [0.2, 0.25) is 5.78 Å². The van der Waals surface area contributed by atoms with Gasteiger partial charge in [-0.1, -0.05) is 29.8 Å². The number of carbonyl (C=O) groups excluding carboxylic acids is 2. The lowest BCUT2D eigenvalue weighted by Gasteiger charge is -2.27. The van der Waals surface area contributed by atoms with E-state index in [0.717, 1.165) is 22.2 Å². The number of rotatable bonds is 7. The number of halogens is 1. The van der Waals surface area contributed by atoms with E-state index in [1.165, 1.54) is 17.2 Å². The van der Waals surface area contributed by atoms with Crippen LogP contribution in [0.2, 0.25) is 5.02 Å². The summed E-state index contributed by atoms with van der Waals surface area (Å²) in [6.45, 7) is 0.248. The Bertz CT molecular complexity index is 1420. The van der Waals surface area contributed by atoms with Gasteiger partial charge in [0.1, 0.15) is 5.75 Å². The minimum atomic E-state index is -0.849. The molecule has 8 heteroatoms. The molecule has 1 aliphatic heterocycles. The zero-order valence-corrected chi connectivity index (χ0v) is 19.0. The van der Waals surface area contributed by atoms with Crippen molar-refractivity contribution in [3.05, 3.63) is 100 Å². The summed E-state index contributed by atoms with van der Waals surface area (Å²) in [4.78, 5) is 31.1. The van der Waals surface area contributed by atoms with Gasteiger partial charge in [0.05, 0.1) is 25.0 Å². The molecule has 2 aromatic heterocycles. The molecule has 1 unspecified atom stereocenters. The number of Topliss-reactive ketones (excluding diaryl/α,β-unsaturated/α-hetero) is 1. The Labute approximate surface area is 200 Å². The molecule has 1 atom stereocenters. The summed E-state index contributed by atoms with van der Waals surface area (Å²) in [6.07, 6.45) is 3.74. The predicted molar refractivity (Wildman–Crippen MR) is 127 cm³/mol. The van der Waals surface area contributed by atoms with Crippen LogP contribution < -0.4 is 4.74 Å². The maximum Gasteiger partial charge on any atom is 0.290 e. The van der Waals surface area contributed by atoms with Crippen LogP contribution in [-0.2, 0) is 11.2 Å². The van der Waals surface area contributed by atoms with Crippen molar-refractivity contribution in [3.8, 4) is 5.75 Å². The first kappa shape index (κ1) is 21.9. The number of aromatic nitrogens is 1. The molecular formula is C26H21ClN2O5. The monoisotopic (exact) mass is 476 g/mol. The third kappa shape index (κ3) is 3.64. The van der Waals surface area contributed by atoms with Crippen LogP contribution in [0.25, 0.3) is 10.9 Å². The van der Waals surface area contributed by atoms with Crippen LogP contribution in [0.3, 0.4) is 0 Å². The van der Waals surface area contributed by atoms with Gasteiger partial charge >= 0.3 is 0 Å². The summed E-state index contributed by atoms with van der Waals surface area (Å²) >= 11 is 6.48. The lowest BCUT2D eigenvalue weighted by molar-refractivity contribution is -0.129. The number of furan rings is 1. The summed E-state index contributed by atoms with van der Waals surface area (Å²) < 4.78 is 10.6. The second-order valence-electron chi connectivity index (χ2n) is 7.97. The Kier molecular flexibility index (Phi) is 5.63. The van der Waals surface area contributed by atoms with Crippen molar-refractivity contribution in [2.75, 3.05) is 13.7 Å². The van der Waals surface area contributed by atoms with E-state index in [1.807, 2.05) is 24.4 Å². The highest BCUT2D eigenvalue weighted by atomic mass is 35.5. The van der Waals surface area contributed by atoms with Crippen LogP contribution in [0, 0.1) is 0 Å². The molecule has 2 aromatic carbocycles. The van der Waals surface area contributed by atoms with Crippen LogP contribution in [0.5, 0.6) is 5.75 Å². The number of nitrogens with zero attached hydrogens (tertiary/aromatic N) is 1. The van der Waals surface area contributed by atoms with E-state index in [1.54, 1.807) is 37.4 Å². The number of aliphatic hydroxyl groups is 1. The fourth-order valence-corrected chi connectivity index (χ4v) is 4.65. The van der Waals surface area contributed by atoms with Crippen molar-refractivity contribution >= 4 is 34.2 Å². The third-order valence-corrected chi connectivity index (χ3v) is 6.43. The number of nitrogens with one attached hydrogen (secondary N) is 1. The van der Waals surface area contributed by atoms with Gasteiger partial charge in [-0.05, 0) is 53.9 Å². The van der Waals surface area contributed by atoms with E-state index in [-0.39, 0.29) is 17.9 Å². The molecule has 0 fully saturated rings. The number of H-pyrrole nitrogens is 1.